The highest BCUT2D eigenvalue weighted by Gasteiger charge is 2.08. The summed E-state index contributed by atoms with van der Waals surface area (Å²) in [4.78, 5) is 15.6. The van der Waals surface area contributed by atoms with Gasteiger partial charge in [0.05, 0.1) is 5.69 Å². The second-order valence-electron chi connectivity index (χ2n) is 3.24. The van der Waals surface area contributed by atoms with E-state index in [1.54, 1.807) is 19.2 Å². The fourth-order valence-corrected chi connectivity index (χ4v) is 1.61. The maximum absolute atomic E-state index is 11.7. The summed E-state index contributed by atoms with van der Waals surface area (Å²) in [6.07, 6.45) is 4.26. The highest BCUT2D eigenvalue weighted by Crippen LogP contribution is 2.23. The van der Waals surface area contributed by atoms with Crippen molar-refractivity contribution in [3.05, 3.63) is 33.5 Å². The van der Waals surface area contributed by atoms with Crippen molar-refractivity contribution in [1.29, 1.82) is 0 Å². The van der Waals surface area contributed by atoms with Gasteiger partial charge in [-0.3, -0.25) is 4.79 Å². The lowest BCUT2D eigenvalue weighted by atomic mass is 10.2. The third-order valence-corrected chi connectivity index (χ3v) is 2.66. The fraction of sp³-hybridized carbons (Fsp3) is 0.273. The second-order valence-corrected chi connectivity index (χ2v) is 4.52. The molecule has 1 heterocycles. The summed E-state index contributed by atoms with van der Waals surface area (Å²) in [7, 11) is 0. The van der Waals surface area contributed by atoms with E-state index in [1.165, 1.54) is 0 Å². The first-order chi connectivity index (χ1) is 7.54. The highest BCUT2D eigenvalue weighted by molar-refractivity contribution is 9.10. The summed E-state index contributed by atoms with van der Waals surface area (Å²) in [5.41, 5.74) is 1.17. The first kappa shape index (κ1) is 13.2. The van der Waals surface area contributed by atoms with Crippen LogP contribution in [0.4, 0.5) is 5.69 Å². The molecule has 0 aliphatic carbocycles. The number of anilines is 1. The van der Waals surface area contributed by atoms with E-state index in [1.807, 2.05) is 13.0 Å². The zero-order valence-electron chi connectivity index (χ0n) is 9.05. The Hall–Kier alpha value is -0.870. The van der Waals surface area contributed by atoms with Crippen LogP contribution in [0.3, 0.4) is 0 Å². The molecule has 0 unspecified atom stereocenters. The van der Waals surface area contributed by atoms with Crippen LogP contribution in [0.15, 0.2) is 28.4 Å². The zero-order valence-corrected chi connectivity index (χ0v) is 11.4. The fourth-order valence-electron chi connectivity index (χ4n) is 1.13. The minimum atomic E-state index is -0.163. The van der Waals surface area contributed by atoms with Gasteiger partial charge in [-0.25, -0.2) is 4.98 Å². The number of amides is 1. The molecule has 0 aliphatic rings. The summed E-state index contributed by atoms with van der Waals surface area (Å²) in [5.74, 6) is -0.163. The first-order valence-electron chi connectivity index (χ1n) is 4.83. The van der Waals surface area contributed by atoms with E-state index in [2.05, 4.69) is 26.2 Å². The Labute approximate surface area is 108 Å². The lowest BCUT2D eigenvalue weighted by Gasteiger charge is -2.07. The molecule has 1 aromatic heterocycles. The Bertz CT molecular complexity index is 432. The van der Waals surface area contributed by atoms with Crippen molar-refractivity contribution < 1.29 is 4.79 Å². The topological polar surface area (TPSA) is 42.0 Å². The lowest BCUT2D eigenvalue weighted by molar-refractivity contribution is -0.112. The van der Waals surface area contributed by atoms with Gasteiger partial charge in [-0.15, -0.1) is 0 Å². The quantitative estimate of drug-likeness (QED) is 0.682. The molecule has 0 fully saturated rings. The van der Waals surface area contributed by atoms with Crippen LogP contribution in [0, 0.1) is 0 Å². The van der Waals surface area contributed by atoms with E-state index in [0.29, 0.717) is 11.3 Å². The SMILES string of the molecule is CC/C=C(/C)C(=O)Nc1cc(Br)cnc1Cl. The van der Waals surface area contributed by atoms with Crippen LogP contribution in [0.5, 0.6) is 0 Å². The molecule has 0 aromatic carbocycles. The number of allylic oxidation sites excluding steroid dienone is 1. The van der Waals surface area contributed by atoms with E-state index < -0.39 is 0 Å². The molecule has 1 rings (SSSR count). The normalized spacial score (nSPS) is 11.4. The standard InChI is InChI=1S/C11H12BrClN2O/c1-3-4-7(2)11(16)15-9-5-8(12)6-14-10(9)13/h4-6H,3H2,1-2H3,(H,15,16)/b7-4-. The number of hydrogen-bond acceptors (Lipinski definition) is 2. The van der Waals surface area contributed by atoms with Gasteiger partial charge < -0.3 is 5.32 Å². The number of pyridine rings is 1. The van der Waals surface area contributed by atoms with E-state index in [-0.39, 0.29) is 11.1 Å². The number of nitrogens with zero attached hydrogens (tertiary/aromatic N) is 1. The van der Waals surface area contributed by atoms with Crippen LogP contribution in [0.1, 0.15) is 20.3 Å². The molecule has 0 radical (unpaired) electrons. The zero-order chi connectivity index (χ0) is 12.1. The third kappa shape index (κ3) is 3.61. The Kier molecular flexibility index (Phi) is 4.96. The summed E-state index contributed by atoms with van der Waals surface area (Å²) in [6, 6.07) is 1.71. The van der Waals surface area contributed by atoms with E-state index in [9.17, 15) is 4.79 Å². The summed E-state index contributed by atoms with van der Waals surface area (Å²) < 4.78 is 0.768. The lowest BCUT2D eigenvalue weighted by Crippen LogP contribution is -2.13. The van der Waals surface area contributed by atoms with Gasteiger partial charge in [0.2, 0.25) is 0 Å². The molecule has 0 spiro atoms. The van der Waals surface area contributed by atoms with Gasteiger partial charge >= 0.3 is 0 Å². The van der Waals surface area contributed by atoms with Crippen LogP contribution in [0.2, 0.25) is 5.15 Å². The molecule has 86 valence electrons. The molecule has 1 amide bonds. The molecular formula is C11H12BrClN2O. The van der Waals surface area contributed by atoms with Crippen LogP contribution in [0.25, 0.3) is 0 Å². The number of halogens is 2. The third-order valence-electron chi connectivity index (χ3n) is 1.92. The van der Waals surface area contributed by atoms with Gasteiger partial charge in [-0.2, -0.15) is 0 Å². The van der Waals surface area contributed by atoms with Crippen molar-refractivity contribution in [3.8, 4) is 0 Å². The average molecular weight is 304 g/mol. The molecule has 0 atom stereocenters. The monoisotopic (exact) mass is 302 g/mol. The van der Waals surface area contributed by atoms with Crippen molar-refractivity contribution in [2.75, 3.05) is 5.32 Å². The molecular weight excluding hydrogens is 291 g/mol. The number of carbonyl (C=O) groups excluding carboxylic acids is 1. The molecule has 1 N–H and O–H groups in total. The van der Waals surface area contributed by atoms with Gasteiger partial charge in [-0.05, 0) is 35.3 Å². The first-order valence-corrected chi connectivity index (χ1v) is 6.00. The van der Waals surface area contributed by atoms with Crippen LogP contribution in [-0.4, -0.2) is 10.9 Å². The maximum atomic E-state index is 11.7. The van der Waals surface area contributed by atoms with Crippen LogP contribution < -0.4 is 5.32 Å². The Morgan fingerprint density at radius 3 is 3.00 bits per heavy atom. The van der Waals surface area contributed by atoms with Gasteiger partial charge in [0.25, 0.3) is 5.91 Å². The van der Waals surface area contributed by atoms with Crippen LogP contribution >= 0.6 is 27.5 Å². The molecule has 0 saturated heterocycles. The number of carbonyl (C=O) groups is 1. The maximum Gasteiger partial charge on any atom is 0.251 e. The number of hydrogen-bond donors (Lipinski definition) is 1. The average Bonchev–Trinajstić information content (AvgIpc) is 2.23. The second kappa shape index (κ2) is 6.01. The highest BCUT2D eigenvalue weighted by atomic mass is 79.9. The van der Waals surface area contributed by atoms with Crippen molar-refractivity contribution in [2.24, 2.45) is 0 Å². The Balaban J connectivity index is 2.84. The number of aromatic nitrogens is 1. The predicted octanol–water partition coefficient (Wildman–Crippen LogP) is 3.79. The van der Waals surface area contributed by atoms with Crippen LogP contribution in [-0.2, 0) is 4.79 Å². The molecule has 0 aliphatic heterocycles. The summed E-state index contributed by atoms with van der Waals surface area (Å²) in [5, 5.41) is 2.98. The summed E-state index contributed by atoms with van der Waals surface area (Å²) in [6.45, 7) is 3.74. The Morgan fingerprint density at radius 2 is 2.38 bits per heavy atom. The largest absolute Gasteiger partial charge is 0.320 e. The Morgan fingerprint density at radius 1 is 1.69 bits per heavy atom. The van der Waals surface area contributed by atoms with Crippen molar-refractivity contribution in [1.82, 2.24) is 4.98 Å². The van der Waals surface area contributed by atoms with Crippen molar-refractivity contribution in [3.63, 3.8) is 0 Å². The number of rotatable bonds is 3. The minimum Gasteiger partial charge on any atom is -0.320 e. The molecule has 3 nitrogen and oxygen atoms in total. The molecule has 0 saturated carbocycles. The predicted molar refractivity (Wildman–Crippen MR) is 69.6 cm³/mol. The van der Waals surface area contributed by atoms with Gasteiger partial charge in [-0.1, -0.05) is 24.6 Å². The minimum absolute atomic E-state index is 0.163. The summed E-state index contributed by atoms with van der Waals surface area (Å²) >= 11 is 9.12. The van der Waals surface area contributed by atoms with Crippen molar-refractivity contribution >= 4 is 39.1 Å². The van der Waals surface area contributed by atoms with Gasteiger partial charge in [0.1, 0.15) is 0 Å². The number of nitrogens with one attached hydrogen (secondary N) is 1. The van der Waals surface area contributed by atoms with Crippen molar-refractivity contribution in [2.45, 2.75) is 20.3 Å². The van der Waals surface area contributed by atoms with E-state index >= 15 is 0 Å². The van der Waals surface area contributed by atoms with Gasteiger partial charge in [0.15, 0.2) is 5.15 Å². The molecule has 5 heteroatoms. The smallest absolute Gasteiger partial charge is 0.251 e. The molecule has 1 aromatic rings. The molecule has 16 heavy (non-hydrogen) atoms. The van der Waals surface area contributed by atoms with E-state index in [4.69, 9.17) is 11.6 Å². The van der Waals surface area contributed by atoms with E-state index in [0.717, 1.165) is 10.9 Å². The van der Waals surface area contributed by atoms with Gasteiger partial charge in [0, 0.05) is 16.2 Å². The molecule has 0 bridgehead atoms.